The number of carbonyl (C=O) groups excluding carboxylic acids is 1. The summed E-state index contributed by atoms with van der Waals surface area (Å²) in [5.41, 5.74) is 2.98. The third-order valence-corrected chi connectivity index (χ3v) is 3.60. The predicted molar refractivity (Wildman–Crippen MR) is 75.8 cm³/mol. The standard InChI is InChI=1S/C15H22N2O3/c1-15(2,17-8-10-19-11-9-17)14(18)16-20-12-13-6-4-3-5-7-13/h3-7H,8-12H2,1-2H3,(H,16,18). The summed E-state index contributed by atoms with van der Waals surface area (Å²) in [7, 11) is 0. The van der Waals surface area contributed by atoms with Gasteiger partial charge in [0.05, 0.1) is 25.4 Å². The molecule has 0 aromatic heterocycles. The number of hydrogen-bond donors (Lipinski definition) is 1. The highest BCUT2D eigenvalue weighted by molar-refractivity contribution is 5.84. The maximum Gasteiger partial charge on any atom is 0.263 e. The quantitative estimate of drug-likeness (QED) is 0.826. The Kier molecular flexibility index (Phi) is 5.11. The van der Waals surface area contributed by atoms with Gasteiger partial charge in [0.2, 0.25) is 0 Å². The molecule has 2 rings (SSSR count). The molecular weight excluding hydrogens is 256 g/mol. The van der Waals surface area contributed by atoms with Crippen molar-refractivity contribution in [2.75, 3.05) is 26.3 Å². The van der Waals surface area contributed by atoms with Crippen LogP contribution in [-0.2, 0) is 21.0 Å². The van der Waals surface area contributed by atoms with Gasteiger partial charge in [-0.2, -0.15) is 0 Å². The number of benzene rings is 1. The number of hydroxylamine groups is 1. The van der Waals surface area contributed by atoms with Crippen LogP contribution in [0.15, 0.2) is 30.3 Å². The van der Waals surface area contributed by atoms with Gasteiger partial charge in [-0.05, 0) is 19.4 Å². The molecule has 0 radical (unpaired) electrons. The van der Waals surface area contributed by atoms with Gasteiger partial charge in [-0.25, -0.2) is 5.48 Å². The second-order valence-corrected chi connectivity index (χ2v) is 5.36. The Balaban J connectivity index is 1.81. The number of nitrogens with one attached hydrogen (secondary N) is 1. The molecule has 1 aliphatic heterocycles. The molecule has 1 saturated heterocycles. The fraction of sp³-hybridized carbons (Fsp3) is 0.533. The minimum Gasteiger partial charge on any atom is -0.379 e. The molecule has 0 unspecified atom stereocenters. The lowest BCUT2D eigenvalue weighted by molar-refractivity contribution is -0.148. The van der Waals surface area contributed by atoms with E-state index in [0.717, 1.165) is 18.7 Å². The fourth-order valence-corrected chi connectivity index (χ4v) is 2.15. The molecular formula is C15H22N2O3. The molecule has 5 nitrogen and oxygen atoms in total. The number of morpholine rings is 1. The molecule has 0 atom stereocenters. The van der Waals surface area contributed by atoms with Crippen LogP contribution in [0.5, 0.6) is 0 Å². The molecule has 0 spiro atoms. The van der Waals surface area contributed by atoms with Crippen molar-refractivity contribution in [1.82, 2.24) is 10.4 Å². The maximum atomic E-state index is 12.2. The highest BCUT2D eigenvalue weighted by Crippen LogP contribution is 2.16. The SMILES string of the molecule is CC(C)(C(=O)NOCc1ccccc1)N1CCOCC1. The molecule has 0 aliphatic carbocycles. The van der Waals surface area contributed by atoms with Crippen LogP contribution >= 0.6 is 0 Å². The van der Waals surface area contributed by atoms with E-state index in [-0.39, 0.29) is 5.91 Å². The van der Waals surface area contributed by atoms with Crippen LogP contribution < -0.4 is 5.48 Å². The van der Waals surface area contributed by atoms with E-state index in [4.69, 9.17) is 9.57 Å². The van der Waals surface area contributed by atoms with E-state index in [1.807, 2.05) is 44.2 Å². The smallest absolute Gasteiger partial charge is 0.263 e. The lowest BCUT2D eigenvalue weighted by atomic mass is 10.0. The van der Waals surface area contributed by atoms with Gasteiger partial charge in [-0.15, -0.1) is 0 Å². The topological polar surface area (TPSA) is 50.8 Å². The first-order chi connectivity index (χ1) is 9.60. The van der Waals surface area contributed by atoms with Crippen molar-refractivity contribution in [3.63, 3.8) is 0 Å². The Labute approximate surface area is 119 Å². The predicted octanol–water partition coefficient (Wildman–Crippen LogP) is 1.35. The Morgan fingerprint density at radius 1 is 1.30 bits per heavy atom. The van der Waals surface area contributed by atoms with Crippen molar-refractivity contribution in [3.8, 4) is 0 Å². The third-order valence-electron chi connectivity index (χ3n) is 3.60. The molecule has 5 heteroatoms. The van der Waals surface area contributed by atoms with Gasteiger partial charge in [0, 0.05) is 13.1 Å². The Morgan fingerprint density at radius 2 is 1.95 bits per heavy atom. The second kappa shape index (κ2) is 6.83. The molecule has 1 aromatic rings. The van der Waals surface area contributed by atoms with Crippen LogP contribution in [-0.4, -0.2) is 42.6 Å². The summed E-state index contributed by atoms with van der Waals surface area (Å²) < 4.78 is 5.31. The van der Waals surface area contributed by atoms with Gasteiger partial charge in [-0.1, -0.05) is 30.3 Å². The van der Waals surface area contributed by atoms with E-state index in [1.54, 1.807) is 0 Å². The van der Waals surface area contributed by atoms with Crippen molar-refractivity contribution >= 4 is 5.91 Å². The van der Waals surface area contributed by atoms with E-state index < -0.39 is 5.54 Å². The molecule has 1 amide bonds. The molecule has 1 N–H and O–H groups in total. The van der Waals surface area contributed by atoms with Crippen LogP contribution in [0.2, 0.25) is 0 Å². The van der Waals surface area contributed by atoms with E-state index in [1.165, 1.54) is 0 Å². The monoisotopic (exact) mass is 278 g/mol. The van der Waals surface area contributed by atoms with Gasteiger partial charge >= 0.3 is 0 Å². The van der Waals surface area contributed by atoms with Gasteiger partial charge in [0.15, 0.2) is 0 Å². The Bertz CT molecular complexity index is 428. The first-order valence-corrected chi connectivity index (χ1v) is 6.89. The molecule has 20 heavy (non-hydrogen) atoms. The van der Waals surface area contributed by atoms with Crippen LogP contribution in [0, 0.1) is 0 Å². The summed E-state index contributed by atoms with van der Waals surface area (Å²) in [4.78, 5) is 19.6. The third kappa shape index (κ3) is 3.79. The molecule has 0 saturated carbocycles. The van der Waals surface area contributed by atoms with Crippen molar-refractivity contribution in [2.24, 2.45) is 0 Å². The van der Waals surface area contributed by atoms with E-state index >= 15 is 0 Å². The number of hydrogen-bond acceptors (Lipinski definition) is 4. The first kappa shape index (κ1) is 15.0. The van der Waals surface area contributed by atoms with E-state index in [0.29, 0.717) is 19.8 Å². The molecule has 1 heterocycles. The molecule has 110 valence electrons. The van der Waals surface area contributed by atoms with E-state index in [9.17, 15) is 4.79 Å². The van der Waals surface area contributed by atoms with Crippen molar-refractivity contribution < 1.29 is 14.4 Å². The summed E-state index contributed by atoms with van der Waals surface area (Å²) in [5, 5.41) is 0. The normalized spacial score (nSPS) is 16.9. The fourth-order valence-electron chi connectivity index (χ4n) is 2.15. The first-order valence-electron chi connectivity index (χ1n) is 6.89. The lowest BCUT2D eigenvalue weighted by Crippen LogP contribution is -2.58. The number of amides is 1. The zero-order valence-corrected chi connectivity index (χ0v) is 12.1. The zero-order valence-electron chi connectivity index (χ0n) is 12.1. The van der Waals surface area contributed by atoms with Crippen molar-refractivity contribution in [3.05, 3.63) is 35.9 Å². The van der Waals surface area contributed by atoms with Crippen LogP contribution in [0.4, 0.5) is 0 Å². The average Bonchev–Trinajstić information content (AvgIpc) is 2.49. The number of rotatable bonds is 5. The molecule has 1 aromatic carbocycles. The van der Waals surface area contributed by atoms with Crippen LogP contribution in [0.25, 0.3) is 0 Å². The van der Waals surface area contributed by atoms with Crippen LogP contribution in [0.1, 0.15) is 19.4 Å². The molecule has 0 bridgehead atoms. The number of ether oxygens (including phenoxy) is 1. The van der Waals surface area contributed by atoms with Gasteiger partial charge in [-0.3, -0.25) is 14.5 Å². The van der Waals surface area contributed by atoms with E-state index in [2.05, 4.69) is 10.4 Å². The van der Waals surface area contributed by atoms with Crippen molar-refractivity contribution in [2.45, 2.75) is 26.0 Å². The minimum atomic E-state index is -0.597. The highest BCUT2D eigenvalue weighted by Gasteiger charge is 2.35. The lowest BCUT2D eigenvalue weighted by Gasteiger charge is -2.39. The molecule has 1 fully saturated rings. The number of nitrogens with zero attached hydrogens (tertiary/aromatic N) is 1. The van der Waals surface area contributed by atoms with Crippen LogP contribution in [0.3, 0.4) is 0 Å². The zero-order chi connectivity index (χ0) is 14.4. The highest BCUT2D eigenvalue weighted by atomic mass is 16.7. The molecule has 1 aliphatic rings. The van der Waals surface area contributed by atoms with Gasteiger partial charge in [0.25, 0.3) is 5.91 Å². The number of carbonyl (C=O) groups is 1. The van der Waals surface area contributed by atoms with Crippen molar-refractivity contribution in [1.29, 1.82) is 0 Å². The average molecular weight is 278 g/mol. The largest absolute Gasteiger partial charge is 0.379 e. The summed E-state index contributed by atoms with van der Waals surface area (Å²) in [6.07, 6.45) is 0. The Hall–Kier alpha value is -1.43. The Morgan fingerprint density at radius 3 is 2.60 bits per heavy atom. The minimum absolute atomic E-state index is 0.129. The summed E-state index contributed by atoms with van der Waals surface area (Å²) in [6, 6.07) is 9.75. The van der Waals surface area contributed by atoms with Gasteiger partial charge in [0.1, 0.15) is 0 Å². The summed E-state index contributed by atoms with van der Waals surface area (Å²) in [5.74, 6) is -0.129. The van der Waals surface area contributed by atoms with Gasteiger partial charge < -0.3 is 4.74 Å². The summed E-state index contributed by atoms with van der Waals surface area (Å²) >= 11 is 0. The summed E-state index contributed by atoms with van der Waals surface area (Å²) in [6.45, 7) is 7.03. The maximum absolute atomic E-state index is 12.2. The second-order valence-electron chi connectivity index (χ2n) is 5.36.